The molecule has 0 fully saturated rings. The van der Waals surface area contributed by atoms with Crippen molar-refractivity contribution in [2.75, 3.05) is 0 Å². The predicted molar refractivity (Wildman–Crippen MR) is 95.0 cm³/mol. The van der Waals surface area contributed by atoms with Gasteiger partial charge in [0.05, 0.1) is 0 Å². The van der Waals surface area contributed by atoms with Gasteiger partial charge in [-0.2, -0.15) is 5.10 Å². The quantitative estimate of drug-likeness (QED) is 0.530. The van der Waals surface area contributed by atoms with Crippen molar-refractivity contribution in [3.8, 4) is 0 Å². The molecular weight excluding hydrogens is 315 g/mol. The summed E-state index contributed by atoms with van der Waals surface area (Å²) in [5, 5.41) is 5.87. The van der Waals surface area contributed by atoms with E-state index in [4.69, 9.17) is 23.2 Å². The Morgan fingerprint density at radius 1 is 1.14 bits per heavy atom. The van der Waals surface area contributed by atoms with Gasteiger partial charge in [-0.15, -0.1) is 0 Å². The van der Waals surface area contributed by atoms with Crippen molar-refractivity contribution in [1.82, 2.24) is 9.78 Å². The average molecular weight is 339 g/mol. The van der Waals surface area contributed by atoms with E-state index in [1.54, 1.807) is 0 Å². The van der Waals surface area contributed by atoms with E-state index in [0.717, 1.165) is 30.8 Å². The van der Waals surface area contributed by atoms with Gasteiger partial charge in [0, 0.05) is 34.4 Å². The molecule has 120 valence electrons. The molecule has 0 spiro atoms. The van der Waals surface area contributed by atoms with Crippen molar-refractivity contribution < 1.29 is 0 Å². The maximum atomic E-state index is 6.22. The fourth-order valence-electron chi connectivity index (χ4n) is 2.95. The lowest BCUT2D eigenvalue weighted by molar-refractivity contribution is 0.503. The van der Waals surface area contributed by atoms with Crippen LogP contribution in [0.2, 0.25) is 10.0 Å². The molecule has 1 aromatic heterocycles. The van der Waals surface area contributed by atoms with Crippen LogP contribution in [0.1, 0.15) is 56.7 Å². The second-order valence-corrected chi connectivity index (χ2v) is 6.50. The number of aromatic nitrogens is 2. The van der Waals surface area contributed by atoms with Crippen molar-refractivity contribution in [3.63, 3.8) is 0 Å². The summed E-state index contributed by atoms with van der Waals surface area (Å²) in [5.41, 5.74) is 2.56. The predicted octanol–water partition coefficient (Wildman–Crippen LogP) is 6.12. The van der Waals surface area contributed by atoms with E-state index in [-0.39, 0.29) is 0 Å². The molecule has 2 nitrogen and oxygen atoms in total. The van der Waals surface area contributed by atoms with Crippen LogP contribution in [0.15, 0.2) is 30.5 Å². The van der Waals surface area contributed by atoms with Crippen molar-refractivity contribution >= 4 is 23.2 Å². The van der Waals surface area contributed by atoms with Gasteiger partial charge >= 0.3 is 0 Å². The molecule has 0 N–H and O–H groups in total. The fourth-order valence-corrected chi connectivity index (χ4v) is 3.45. The van der Waals surface area contributed by atoms with Crippen molar-refractivity contribution in [2.45, 2.75) is 58.4 Å². The molecule has 1 aromatic carbocycles. The maximum absolute atomic E-state index is 6.22. The van der Waals surface area contributed by atoms with E-state index in [1.165, 1.54) is 24.1 Å². The highest BCUT2D eigenvalue weighted by atomic mass is 35.5. The van der Waals surface area contributed by atoms with Crippen LogP contribution >= 0.6 is 23.2 Å². The van der Waals surface area contributed by atoms with Gasteiger partial charge in [-0.05, 0) is 56.4 Å². The lowest BCUT2D eigenvalue weighted by Gasteiger charge is -2.16. The molecule has 0 aliphatic carbocycles. The highest BCUT2D eigenvalue weighted by Gasteiger charge is 2.13. The van der Waals surface area contributed by atoms with Crippen LogP contribution in [-0.4, -0.2) is 9.78 Å². The lowest BCUT2D eigenvalue weighted by Crippen LogP contribution is -2.08. The number of nitrogens with zero attached hydrogens (tertiary/aromatic N) is 2. The average Bonchev–Trinajstić information content (AvgIpc) is 2.97. The molecule has 2 rings (SSSR count). The largest absolute Gasteiger partial charge is 0.270 e. The Morgan fingerprint density at radius 2 is 1.95 bits per heavy atom. The van der Waals surface area contributed by atoms with Crippen LogP contribution in [-0.2, 0) is 13.0 Å². The minimum Gasteiger partial charge on any atom is -0.270 e. The fraction of sp³-hybridized carbons (Fsp3) is 0.500. The molecule has 22 heavy (non-hydrogen) atoms. The van der Waals surface area contributed by atoms with Crippen molar-refractivity contribution in [1.29, 1.82) is 0 Å². The van der Waals surface area contributed by atoms with E-state index in [1.807, 2.05) is 24.4 Å². The zero-order valence-electron chi connectivity index (χ0n) is 13.4. The van der Waals surface area contributed by atoms with Gasteiger partial charge in [-0.3, -0.25) is 4.68 Å². The van der Waals surface area contributed by atoms with E-state index < -0.39 is 0 Å². The summed E-state index contributed by atoms with van der Waals surface area (Å²) in [6.45, 7) is 5.35. The molecule has 2 aromatic rings. The summed E-state index contributed by atoms with van der Waals surface area (Å²) in [6.07, 6.45) is 7.64. The van der Waals surface area contributed by atoms with Gasteiger partial charge in [0.15, 0.2) is 0 Å². The molecule has 0 saturated heterocycles. The smallest absolute Gasteiger partial charge is 0.0492 e. The van der Waals surface area contributed by atoms with Crippen LogP contribution in [0.4, 0.5) is 0 Å². The first-order valence-corrected chi connectivity index (χ1v) is 8.86. The third-order valence-electron chi connectivity index (χ3n) is 4.22. The normalized spacial score (nSPS) is 12.5. The Labute approximate surface area is 143 Å². The molecule has 0 radical (unpaired) electrons. The number of hydrogen-bond donors (Lipinski definition) is 0. The lowest BCUT2D eigenvalue weighted by atomic mass is 9.94. The van der Waals surface area contributed by atoms with Gasteiger partial charge in [-0.1, -0.05) is 42.6 Å². The molecule has 0 saturated carbocycles. The van der Waals surface area contributed by atoms with Gasteiger partial charge in [0.1, 0.15) is 0 Å². The summed E-state index contributed by atoms with van der Waals surface area (Å²) in [4.78, 5) is 0. The van der Waals surface area contributed by atoms with Crippen LogP contribution in [0.5, 0.6) is 0 Å². The molecule has 0 aliphatic heterocycles. The van der Waals surface area contributed by atoms with Crippen LogP contribution < -0.4 is 0 Å². The molecule has 1 heterocycles. The molecule has 0 amide bonds. The monoisotopic (exact) mass is 338 g/mol. The Hall–Kier alpha value is -0.990. The first-order chi connectivity index (χ1) is 10.7. The Morgan fingerprint density at radius 3 is 2.64 bits per heavy atom. The molecule has 1 atom stereocenters. The highest BCUT2D eigenvalue weighted by Crippen LogP contribution is 2.27. The summed E-state index contributed by atoms with van der Waals surface area (Å²) in [7, 11) is 0. The van der Waals surface area contributed by atoms with Crippen LogP contribution in [0.3, 0.4) is 0 Å². The first-order valence-electron chi connectivity index (χ1n) is 8.11. The molecule has 0 aliphatic rings. The van der Waals surface area contributed by atoms with Gasteiger partial charge in [0.25, 0.3) is 0 Å². The summed E-state index contributed by atoms with van der Waals surface area (Å²) >= 11 is 12.2. The Balaban J connectivity index is 1.84. The second-order valence-electron chi connectivity index (χ2n) is 5.66. The third-order valence-corrected chi connectivity index (χ3v) is 4.81. The van der Waals surface area contributed by atoms with Gasteiger partial charge in [-0.25, -0.2) is 0 Å². The van der Waals surface area contributed by atoms with E-state index >= 15 is 0 Å². The van der Waals surface area contributed by atoms with Gasteiger partial charge < -0.3 is 0 Å². The highest BCUT2D eigenvalue weighted by molar-refractivity contribution is 6.35. The topological polar surface area (TPSA) is 17.8 Å². The number of hydrogen-bond acceptors (Lipinski definition) is 1. The van der Waals surface area contributed by atoms with Crippen LogP contribution in [0.25, 0.3) is 0 Å². The summed E-state index contributed by atoms with van der Waals surface area (Å²) < 4.78 is 2.12. The van der Waals surface area contributed by atoms with Gasteiger partial charge in [0.2, 0.25) is 0 Å². The number of halogens is 2. The Kier molecular flexibility index (Phi) is 6.78. The first kappa shape index (κ1) is 17.4. The second kappa shape index (κ2) is 8.59. The van der Waals surface area contributed by atoms with E-state index in [9.17, 15) is 0 Å². The summed E-state index contributed by atoms with van der Waals surface area (Å²) in [5.74, 6) is 0.600. The van der Waals surface area contributed by atoms with Crippen LogP contribution in [0, 0.1) is 0 Å². The summed E-state index contributed by atoms with van der Waals surface area (Å²) in [6, 6.07) is 7.94. The SMILES string of the molecule is CCC(CCCCc1ccc(Cl)cc1Cl)c1ccnn1CC. The standard InChI is InChI=1S/C18H24Cl2N2/c1-3-14(18-11-12-21-22(18)4-2)7-5-6-8-15-9-10-16(19)13-17(15)20/h9-14H,3-8H2,1-2H3. The minimum absolute atomic E-state index is 0.600. The van der Waals surface area contributed by atoms with Crippen molar-refractivity contribution in [3.05, 3.63) is 51.8 Å². The van der Waals surface area contributed by atoms with E-state index in [2.05, 4.69) is 29.7 Å². The minimum atomic E-state index is 0.600. The molecule has 0 bridgehead atoms. The van der Waals surface area contributed by atoms with Crippen molar-refractivity contribution in [2.24, 2.45) is 0 Å². The number of rotatable bonds is 8. The Bertz CT molecular complexity index is 593. The number of benzene rings is 1. The third kappa shape index (κ3) is 4.50. The zero-order chi connectivity index (χ0) is 15.9. The number of unbranched alkanes of at least 4 members (excludes halogenated alkanes) is 1. The number of aryl methyl sites for hydroxylation is 2. The zero-order valence-corrected chi connectivity index (χ0v) is 14.9. The molecule has 4 heteroatoms. The molecule has 1 unspecified atom stereocenters. The van der Waals surface area contributed by atoms with E-state index in [0.29, 0.717) is 10.9 Å². The maximum Gasteiger partial charge on any atom is 0.0492 e. The molecular formula is C18H24Cl2N2.